The molecule has 0 aliphatic carbocycles. The lowest BCUT2D eigenvalue weighted by atomic mass is 10.1. The second-order valence-electron chi connectivity index (χ2n) is 5.95. The minimum atomic E-state index is -3.69. The summed E-state index contributed by atoms with van der Waals surface area (Å²) in [6.45, 7) is 0. The summed E-state index contributed by atoms with van der Waals surface area (Å²) < 4.78 is 26.4. The van der Waals surface area contributed by atoms with Gasteiger partial charge < -0.3 is 0 Å². The first-order chi connectivity index (χ1) is 13.4. The molecule has 0 aliphatic heterocycles. The largest absolute Gasteiger partial charge is 0.265 e. The first-order valence-corrected chi connectivity index (χ1v) is 11.1. The normalized spacial score (nSPS) is 13.0. The average Bonchev–Trinajstić information content (AvgIpc) is 2.67. The van der Waals surface area contributed by atoms with E-state index >= 15 is 0 Å². The molecule has 1 unspecified atom stereocenters. The summed E-state index contributed by atoms with van der Waals surface area (Å²) in [5, 5.41) is -0.0393. The topological polar surface area (TPSA) is 59.9 Å². The molecule has 0 N–H and O–H groups in total. The van der Waals surface area contributed by atoms with Crippen molar-refractivity contribution in [2.24, 2.45) is 0 Å². The van der Waals surface area contributed by atoms with E-state index in [0.29, 0.717) is 10.6 Å². The predicted octanol–water partition coefficient (Wildman–Crippen LogP) is 5.65. The maximum atomic E-state index is 13.2. The highest BCUT2D eigenvalue weighted by molar-refractivity contribution is 7.92. The van der Waals surface area contributed by atoms with E-state index in [4.69, 9.17) is 34.8 Å². The van der Waals surface area contributed by atoms with Crippen LogP contribution in [0, 0.1) is 0 Å². The maximum Gasteiger partial charge on any atom is 0.166 e. The third kappa shape index (κ3) is 5.11. The van der Waals surface area contributed by atoms with Gasteiger partial charge in [-0.05, 0) is 47.5 Å². The van der Waals surface area contributed by atoms with Gasteiger partial charge in [-0.25, -0.2) is 13.4 Å². The molecule has 0 saturated carbocycles. The Morgan fingerprint density at radius 3 is 2.29 bits per heavy atom. The SMILES string of the molecule is O=S(=O)(CC=Cc1ccc(Cl)cc1)C(c1ccncc1)c1nc(Cl)ccc1Cl. The van der Waals surface area contributed by atoms with Crippen molar-refractivity contribution < 1.29 is 8.42 Å². The number of aromatic nitrogens is 2. The number of hydrogen-bond acceptors (Lipinski definition) is 4. The number of rotatable bonds is 6. The third-order valence-electron chi connectivity index (χ3n) is 3.96. The minimum absolute atomic E-state index is 0.172. The van der Waals surface area contributed by atoms with Crippen LogP contribution in [0.15, 0.2) is 67.0 Å². The van der Waals surface area contributed by atoms with Gasteiger partial charge in [-0.15, -0.1) is 0 Å². The molecule has 4 nitrogen and oxygen atoms in total. The van der Waals surface area contributed by atoms with Crippen LogP contribution < -0.4 is 0 Å². The maximum absolute atomic E-state index is 13.2. The molecule has 3 rings (SSSR count). The quantitative estimate of drug-likeness (QED) is 0.452. The van der Waals surface area contributed by atoms with E-state index in [1.807, 2.05) is 0 Å². The Bertz CT molecular complexity index is 1090. The Labute approximate surface area is 178 Å². The van der Waals surface area contributed by atoms with E-state index in [0.717, 1.165) is 5.56 Å². The van der Waals surface area contributed by atoms with Crippen LogP contribution >= 0.6 is 34.8 Å². The molecule has 0 spiro atoms. The van der Waals surface area contributed by atoms with Crippen molar-refractivity contribution in [3.05, 3.63) is 99.0 Å². The molecule has 0 aliphatic rings. The van der Waals surface area contributed by atoms with Crippen LogP contribution in [0.4, 0.5) is 0 Å². The van der Waals surface area contributed by atoms with E-state index in [-0.39, 0.29) is 21.6 Å². The van der Waals surface area contributed by atoms with Gasteiger partial charge >= 0.3 is 0 Å². The van der Waals surface area contributed by atoms with Gasteiger partial charge in [0.05, 0.1) is 16.5 Å². The molecule has 0 saturated heterocycles. The van der Waals surface area contributed by atoms with Crippen molar-refractivity contribution >= 4 is 50.7 Å². The van der Waals surface area contributed by atoms with E-state index in [9.17, 15) is 8.42 Å². The highest BCUT2D eigenvalue weighted by Gasteiger charge is 2.31. The summed E-state index contributed by atoms with van der Waals surface area (Å²) in [6.07, 6.45) is 6.37. The predicted molar refractivity (Wildman–Crippen MR) is 115 cm³/mol. The van der Waals surface area contributed by atoms with E-state index in [1.54, 1.807) is 54.6 Å². The monoisotopic (exact) mass is 452 g/mol. The van der Waals surface area contributed by atoms with Gasteiger partial charge in [0.15, 0.2) is 9.84 Å². The number of nitrogens with zero attached hydrogens (tertiary/aromatic N) is 2. The van der Waals surface area contributed by atoms with Gasteiger partial charge in [-0.1, -0.05) is 59.1 Å². The number of hydrogen-bond donors (Lipinski definition) is 0. The van der Waals surface area contributed by atoms with Gasteiger partial charge in [0.1, 0.15) is 10.4 Å². The highest BCUT2D eigenvalue weighted by Crippen LogP contribution is 2.34. The van der Waals surface area contributed by atoms with E-state index < -0.39 is 15.1 Å². The van der Waals surface area contributed by atoms with Crippen molar-refractivity contribution in [3.8, 4) is 0 Å². The fraction of sp³-hybridized carbons (Fsp3) is 0.100. The highest BCUT2D eigenvalue weighted by atomic mass is 35.5. The van der Waals surface area contributed by atoms with Crippen LogP contribution in [0.1, 0.15) is 22.1 Å². The van der Waals surface area contributed by atoms with Crippen molar-refractivity contribution in [1.29, 1.82) is 0 Å². The fourth-order valence-electron chi connectivity index (χ4n) is 2.68. The molecule has 2 aromatic heterocycles. The molecule has 144 valence electrons. The first-order valence-electron chi connectivity index (χ1n) is 8.22. The Morgan fingerprint density at radius 1 is 0.929 bits per heavy atom. The summed E-state index contributed by atoms with van der Waals surface area (Å²) >= 11 is 18.1. The molecule has 2 heterocycles. The average molecular weight is 454 g/mol. The first kappa shape index (κ1) is 20.8. The molecule has 3 aromatic rings. The van der Waals surface area contributed by atoms with Gasteiger partial charge in [-0.2, -0.15) is 0 Å². The second-order valence-corrected chi connectivity index (χ2v) is 9.31. The Hall–Kier alpha value is -1.92. The smallest absolute Gasteiger partial charge is 0.166 e. The molecule has 1 atom stereocenters. The van der Waals surface area contributed by atoms with E-state index in [2.05, 4.69) is 9.97 Å². The van der Waals surface area contributed by atoms with Crippen LogP contribution in [0.2, 0.25) is 15.2 Å². The Balaban J connectivity index is 1.97. The fourth-order valence-corrected chi connectivity index (χ4v) is 4.89. The summed E-state index contributed by atoms with van der Waals surface area (Å²) in [7, 11) is -3.69. The molecule has 8 heteroatoms. The number of pyridine rings is 2. The molecule has 0 fully saturated rings. The number of benzene rings is 1. The number of sulfone groups is 1. The zero-order valence-electron chi connectivity index (χ0n) is 14.5. The lowest BCUT2D eigenvalue weighted by molar-refractivity contribution is 0.591. The van der Waals surface area contributed by atoms with Gasteiger partial charge in [0.2, 0.25) is 0 Å². The van der Waals surface area contributed by atoms with Gasteiger partial charge in [-0.3, -0.25) is 4.98 Å². The third-order valence-corrected chi connectivity index (χ3v) is 6.62. The van der Waals surface area contributed by atoms with Crippen LogP contribution in [0.3, 0.4) is 0 Å². The lowest BCUT2D eigenvalue weighted by Gasteiger charge is -2.18. The molecule has 0 radical (unpaired) electrons. The zero-order chi connectivity index (χ0) is 20.1. The molecule has 0 amide bonds. The standard InChI is InChI=1S/C20H15Cl3N2O2S/c21-16-5-3-14(4-6-16)2-1-13-28(26,27)20(15-9-11-24-12-10-15)19-17(22)7-8-18(23)25-19/h1-12,20H,13H2. The zero-order valence-corrected chi connectivity index (χ0v) is 17.6. The van der Waals surface area contributed by atoms with Crippen molar-refractivity contribution in [3.63, 3.8) is 0 Å². The Morgan fingerprint density at radius 2 is 1.61 bits per heavy atom. The minimum Gasteiger partial charge on any atom is -0.265 e. The van der Waals surface area contributed by atoms with Crippen molar-refractivity contribution in [1.82, 2.24) is 9.97 Å². The summed E-state index contributed by atoms with van der Waals surface area (Å²) in [4.78, 5) is 8.14. The van der Waals surface area contributed by atoms with E-state index in [1.165, 1.54) is 18.5 Å². The van der Waals surface area contributed by atoms with Crippen LogP contribution in [-0.4, -0.2) is 24.1 Å². The Kier molecular flexibility index (Phi) is 6.73. The molecule has 28 heavy (non-hydrogen) atoms. The molecular formula is C20H15Cl3N2O2S. The van der Waals surface area contributed by atoms with Crippen LogP contribution in [-0.2, 0) is 9.84 Å². The summed E-state index contributed by atoms with van der Waals surface area (Å²) in [5.41, 5.74) is 1.56. The van der Waals surface area contributed by atoms with Gasteiger partial charge in [0, 0.05) is 17.4 Å². The van der Waals surface area contributed by atoms with Crippen LogP contribution in [0.5, 0.6) is 0 Å². The van der Waals surface area contributed by atoms with Crippen molar-refractivity contribution in [2.75, 3.05) is 5.75 Å². The molecule has 0 bridgehead atoms. The lowest BCUT2D eigenvalue weighted by Crippen LogP contribution is -2.19. The summed E-state index contributed by atoms with van der Waals surface area (Å²) in [5.74, 6) is -0.201. The number of halogens is 3. The molecular weight excluding hydrogens is 439 g/mol. The van der Waals surface area contributed by atoms with Gasteiger partial charge in [0.25, 0.3) is 0 Å². The van der Waals surface area contributed by atoms with Crippen LogP contribution in [0.25, 0.3) is 6.08 Å². The van der Waals surface area contributed by atoms with Crippen molar-refractivity contribution in [2.45, 2.75) is 5.25 Å². The summed E-state index contributed by atoms with van der Waals surface area (Å²) in [6, 6.07) is 13.4. The molecule has 1 aromatic carbocycles. The second kappa shape index (κ2) is 9.05.